The molecule has 0 bridgehead atoms. The summed E-state index contributed by atoms with van der Waals surface area (Å²) in [4.78, 5) is 24.7. The SMILES string of the molecule is CC(C)[C@@H](NC(=O)NC1CCS(=O)(=O)C1)C(=O)Nc1cc(Cl)cc(Cl)c1. The second-order valence-corrected chi connectivity index (χ2v) is 9.69. The Bertz CT molecular complexity index is 778. The van der Waals surface area contributed by atoms with Crippen LogP contribution in [0, 0.1) is 5.92 Å². The molecule has 0 radical (unpaired) electrons. The molecule has 1 aliphatic heterocycles. The molecule has 0 aromatic heterocycles. The minimum absolute atomic E-state index is 0.0571. The Morgan fingerprint density at radius 3 is 2.27 bits per heavy atom. The highest BCUT2D eigenvalue weighted by molar-refractivity contribution is 7.91. The first-order valence-electron chi connectivity index (χ1n) is 8.10. The summed E-state index contributed by atoms with van der Waals surface area (Å²) in [6, 6.07) is 2.80. The maximum Gasteiger partial charge on any atom is 0.315 e. The van der Waals surface area contributed by atoms with Gasteiger partial charge in [0, 0.05) is 21.8 Å². The number of urea groups is 1. The summed E-state index contributed by atoms with van der Waals surface area (Å²) in [5.41, 5.74) is 0.419. The molecular weight excluding hydrogens is 401 g/mol. The van der Waals surface area contributed by atoms with Crippen molar-refractivity contribution in [3.05, 3.63) is 28.2 Å². The summed E-state index contributed by atoms with van der Waals surface area (Å²) in [6.07, 6.45) is 0.370. The molecule has 3 N–H and O–H groups in total. The monoisotopic (exact) mass is 421 g/mol. The summed E-state index contributed by atoms with van der Waals surface area (Å²) >= 11 is 11.8. The van der Waals surface area contributed by atoms with Crippen LogP contribution in [0.1, 0.15) is 20.3 Å². The lowest BCUT2D eigenvalue weighted by Gasteiger charge is -2.23. The minimum atomic E-state index is -3.10. The molecule has 144 valence electrons. The minimum Gasteiger partial charge on any atom is -0.334 e. The zero-order chi connectivity index (χ0) is 19.5. The van der Waals surface area contributed by atoms with Gasteiger partial charge in [0.25, 0.3) is 0 Å². The Hall–Kier alpha value is -1.51. The van der Waals surface area contributed by atoms with Gasteiger partial charge in [-0.05, 0) is 30.5 Å². The Kier molecular flexibility index (Phi) is 6.76. The number of halogens is 2. The van der Waals surface area contributed by atoms with Crippen LogP contribution in [0.5, 0.6) is 0 Å². The summed E-state index contributed by atoms with van der Waals surface area (Å²) in [7, 11) is -3.10. The molecule has 2 rings (SSSR count). The van der Waals surface area contributed by atoms with E-state index in [0.29, 0.717) is 22.2 Å². The van der Waals surface area contributed by atoms with Crippen molar-refractivity contribution in [2.75, 3.05) is 16.8 Å². The lowest BCUT2D eigenvalue weighted by molar-refractivity contribution is -0.118. The van der Waals surface area contributed by atoms with Crippen molar-refractivity contribution in [3.8, 4) is 0 Å². The zero-order valence-corrected chi connectivity index (χ0v) is 16.7. The molecule has 7 nitrogen and oxygen atoms in total. The van der Waals surface area contributed by atoms with E-state index in [2.05, 4.69) is 16.0 Å². The number of amides is 3. The van der Waals surface area contributed by atoms with Gasteiger partial charge in [0.05, 0.1) is 11.5 Å². The van der Waals surface area contributed by atoms with E-state index in [1.54, 1.807) is 32.0 Å². The predicted octanol–water partition coefficient (Wildman–Crippen LogP) is 2.44. The number of anilines is 1. The van der Waals surface area contributed by atoms with Gasteiger partial charge in [0.2, 0.25) is 5.91 Å². The molecule has 1 unspecified atom stereocenters. The van der Waals surface area contributed by atoms with Gasteiger partial charge in [-0.25, -0.2) is 13.2 Å². The molecule has 1 saturated heterocycles. The number of sulfone groups is 1. The van der Waals surface area contributed by atoms with E-state index in [4.69, 9.17) is 23.2 Å². The van der Waals surface area contributed by atoms with Crippen LogP contribution in [-0.4, -0.2) is 43.9 Å². The average molecular weight is 422 g/mol. The van der Waals surface area contributed by atoms with Crippen molar-refractivity contribution >= 4 is 50.7 Å². The number of hydrogen-bond donors (Lipinski definition) is 3. The Labute approximate surface area is 162 Å². The molecule has 26 heavy (non-hydrogen) atoms. The van der Waals surface area contributed by atoms with Gasteiger partial charge in [-0.3, -0.25) is 4.79 Å². The van der Waals surface area contributed by atoms with Gasteiger partial charge >= 0.3 is 6.03 Å². The van der Waals surface area contributed by atoms with Crippen LogP contribution in [0.4, 0.5) is 10.5 Å². The summed E-state index contributed by atoms with van der Waals surface area (Å²) in [5.74, 6) is -0.642. The molecule has 0 aliphatic carbocycles. The van der Waals surface area contributed by atoms with Crippen LogP contribution in [0.2, 0.25) is 10.0 Å². The molecule has 0 saturated carbocycles. The van der Waals surface area contributed by atoms with Gasteiger partial charge < -0.3 is 16.0 Å². The fourth-order valence-electron chi connectivity index (χ4n) is 2.66. The van der Waals surface area contributed by atoms with Gasteiger partial charge in [-0.15, -0.1) is 0 Å². The molecular formula is C16H21Cl2N3O4S. The molecule has 1 aromatic rings. The van der Waals surface area contributed by atoms with Crippen molar-refractivity contribution in [1.29, 1.82) is 0 Å². The Balaban J connectivity index is 1.98. The van der Waals surface area contributed by atoms with Gasteiger partial charge in [0.15, 0.2) is 9.84 Å². The molecule has 1 aromatic carbocycles. The van der Waals surface area contributed by atoms with Crippen LogP contribution in [0.15, 0.2) is 18.2 Å². The van der Waals surface area contributed by atoms with E-state index in [9.17, 15) is 18.0 Å². The standard InChI is InChI=1S/C16H21Cl2N3O4S/c1-9(2)14(15(22)19-13-6-10(17)5-11(18)7-13)21-16(23)20-12-3-4-26(24,25)8-12/h5-7,9,12,14H,3-4,8H2,1-2H3,(H,19,22)(H2,20,21,23)/t12?,14-/m1/s1. The highest BCUT2D eigenvalue weighted by Gasteiger charge is 2.30. The molecule has 1 aliphatic rings. The fourth-order valence-corrected chi connectivity index (χ4v) is 4.86. The van der Waals surface area contributed by atoms with Crippen molar-refractivity contribution in [1.82, 2.24) is 10.6 Å². The highest BCUT2D eigenvalue weighted by atomic mass is 35.5. The smallest absolute Gasteiger partial charge is 0.315 e. The molecule has 2 atom stereocenters. The summed E-state index contributed by atoms with van der Waals surface area (Å²) < 4.78 is 22.9. The molecule has 1 heterocycles. The van der Waals surface area contributed by atoms with Crippen molar-refractivity contribution in [2.24, 2.45) is 5.92 Å². The van der Waals surface area contributed by atoms with E-state index >= 15 is 0 Å². The number of nitrogens with one attached hydrogen (secondary N) is 3. The van der Waals surface area contributed by atoms with E-state index in [1.165, 1.54) is 0 Å². The lowest BCUT2D eigenvalue weighted by atomic mass is 10.0. The van der Waals surface area contributed by atoms with Crippen LogP contribution >= 0.6 is 23.2 Å². The zero-order valence-electron chi connectivity index (χ0n) is 14.4. The number of carbonyl (C=O) groups excluding carboxylic acids is 2. The van der Waals surface area contributed by atoms with E-state index < -0.39 is 33.9 Å². The van der Waals surface area contributed by atoms with E-state index in [0.717, 1.165) is 0 Å². The van der Waals surface area contributed by atoms with Gasteiger partial charge in [-0.1, -0.05) is 37.0 Å². The average Bonchev–Trinajstić information content (AvgIpc) is 2.82. The number of rotatable bonds is 5. The summed E-state index contributed by atoms with van der Waals surface area (Å²) in [6.45, 7) is 3.57. The van der Waals surface area contributed by atoms with Crippen LogP contribution in [0.3, 0.4) is 0 Å². The van der Waals surface area contributed by atoms with Crippen molar-refractivity contribution in [3.63, 3.8) is 0 Å². The number of carbonyl (C=O) groups is 2. The Morgan fingerprint density at radius 1 is 1.15 bits per heavy atom. The normalized spacial score (nSPS) is 19.8. The Morgan fingerprint density at radius 2 is 1.77 bits per heavy atom. The van der Waals surface area contributed by atoms with E-state index in [-0.39, 0.29) is 17.4 Å². The second-order valence-electron chi connectivity index (χ2n) is 6.59. The first-order valence-corrected chi connectivity index (χ1v) is 10.7. The molecule has 1 fully saturated rings. The molecule has 10 heteroatoms. The third-order valence-corrected chi connectivity index (χ3v) is 6.14. The number of benzene rings is 1. The third kappa shape index (κ3) is 6.03. The van der Waals surface area contributed by atoms with Crippen LogP contribution < -0.4 is 16.0 Å². The third-order valence-electron chi connectivity index (χ3n) is 3.93. The first-order chi connectivity index (χ1) is 12.1. The maximum absolute atomic E-state index is 12.5. The second kappa shape index (κ2) is 8.45. The van der Waals surface area contributed by atoms with Gasteiger partial charge in [-0.2, -0.15) is 0 Å². The van der Waals surface area contributed by atoms with Crippen molar-refractivity contribution in [2.45, 2.75) is 32.4 Å². The predicted molar refractivity (Wildman–Crippen MR) is 102 cm³/mol. The first kappa shape index (κ1) is 20.8. The maximum atomic E-state index is 12.5. The largest absolute Gasteiger partial charge is 0.334 e. The van der Waals surface area contributed by atoms with E-state index in [1.807, 2.05) is 0 Å². The van der Waals surface area contributed by atoms with Crippen LogP contribution in [-0.2, 0) is 14.6 Å². The topological polar surface area (TPSA) is 104 Å². The summed E-state index contributed by atoms with van der Waals surface area (Å²) in [5, 5.41) is 8.63. The fraction of sp³-hybridized carbons (Fsp3) is 0.500. The highest BCUT2D eigenvalue weighted by Crippen LogP contribution is 2.23. The number of hydrogen-bond acceptors (Lipinski definition) is 4. The molecule has 3 amide bonds. The lowest BCUT2D eigenvalue weighted by Crippen LogP contribution is -2.52. The van der Waals surface area contributed by atoms with Gasteiger partial charge in [0.1, 0.15) is 6.04 Å². The van der Waals surface area contributed by atoms with Crippen LogP contribution in [0.25, 0.3) is 0 Å². The van der Waals surface area contributed by atoms with Crippen molar-refractivity contribution < 1.29 is 18.0 Å². The quantitative estimate of drug-likeness (QED) is 0.678. The molecule has 0 spiro atoms.